The SMILES string of the molecule is CCCCc1ccc2c(c1CCCC)[N]c1ccccc1O2. The van der Waals surface area contributed by atoms with E-state index in [4.69, 9.17) is 10.1 Å². The Kier molecular flexibility index (Phi) is 4.67. The zero-order chi connectivity index (χ0) is 15.4. The van der Waals surface area contributed by atoms with Crippen LogP contribution < -0.4 is 10.1 Å². The highest BCUT2D eigenvalue weighted by molar-refractivity contribution is 5.71. The average Bonchev–Trinajstić information content (AvgIpc) is 2.56. The van der Waals surface area contributed by atoms with Crippen LogP contribution in [0.15, 0.2) is 36.4 Å². The maximum Gasteiger partial charge on any atom is 0.153 e. The van der Waals surface area contributed by atoms with Crippen LogP contribution in [0.1, 0.15) is 50.7 Å². The molecule has 3 rings (SSSR count). The number of benzene rings is 2. The van der Waals surface area contributed by atoms with Crippen molar-refractivity contribution in [2.45, 2.75) is 52.4 Å². The highest BCUT2D eigenvalue weighted by atomic mass is 16.5. The van der Waals surface area contributed by atoms with Crippen molar-refractivity contribution in [1.29, 1.82) is 0 Å². The van der Waals surface area contributed by atoms with Crippen LogP contribution in [-0.2, 0) is 12.8 Å². The molecule has 115 valence electrons. The smallest absolute Gasteiger partial charge is 0.153 e. The van der Waals surface area contributed by atoms with Crippen molar-refractivity contribution >= 4 is 11.4 Å². The molecule has 0 aliphatic carbocycles. The van der Waals surface area contributed by atoms with Crippen molar-refractivity contribution in [2.75, 3.05) is 0 Å². The summed E-state index contributed by atoms with van der Waals surface area (Å²) in [5, 5.41) is 4.91. The van der Waals surface area contributed by atoms with Crippen molar-refractivity contribution in [3.8, 4) is 11.5 Å². The number of para-hydroxylation sites is 2. The third-order valence-electron chi connectivity index (χ3n) is 4.24. The minimum Gasteiger partial charge on any atom is -0.453 e. The third kappa shape index (κ3) is 2.96. The van der Waals surface area contributed by atoms with Crippen molar-refractivity contribution < 1.29 is 4.74 Å². The first kappa shape index (κ1) is 15.0. The van der Waals surface area contributed by atoms with E-state index < -0.39 is 0 Å². The van der Waals surface area contributed by atoms with Gasteiger partial charge in [0.25, 0.3) is 0 Å². The van der Waals surface area contributed by atoms with E-state index in [1.54, 1.807) is 0 Å². The predicted octanol–water partition coefficient (Wildman–Crippen LogP) is 6.05. The number of unbranched alkanes of at least 4 members (excludes halogenated alkanes) is 2. The molecule has 2 nitrogen and oxygen atoms in total. The highest BCUT2D eigenvalue weighted by Crippen LogP contribution is 2.45. The molecule has 0 aromatic heterocycles. The third-order valence-corrected chi connectivity index (χ3v) is 4.24. The Morgan fingerprint density at radius 1 is 0.864 bits per heavy atom. The fourth-order valence-corrected chi connectivity index (χ4v) is 2.97. The molecule has 0 unspecified atom stereocenters. The molecule has 22 heavy (non-hydrogen) atoms. The second-order valence-electron chi connectivity index (χ2n) is 5.94. The van der Waals surface area contributed by atoms with Crippen LogP contribution in [-0.4, -0.2) is 0 Å². The highest BCUT2D eigenvalue weighted by Gasteiger charge is 2.22. The van der Waals surface area contributed by atoms with E-state index in [2.05, 4.69) is 26.0 Å². The quantitative estimate of drug-likeness (QED) is 0.543. The van der Waals surface area contributed by atoms with Crippen LogP contribution in [0.4, 0.5) is 11.4 Å². The Balaban J connectivity index is 1.98. The molecular weight excluding hydrogens is 270 g/mol. The summed E-state index contributed by atoms with van der Waals surface area (Å²) >= 11 is 0. The molecule has 1 aliphatic rings. The molecule has 1 radical (unpaired) electrons. The van der Waals surface area contributed by atoms with Gasteiger partial charge in [-0.05, 0) is 55.0 Å². The normalized spacial score (nSPS) is 12.1. The maximum absolute atomic E-state index is 6.06. The van der Waals surface area contributed by atoms with Crippen molar-refractivity contribution in [3.05, 3.63) is 47.5 Å². The van der Waals surface area contributed by atoms with Gasteiger partial charge in [-0.25, -0.2) is 5.32 Å². The van der Waals surface area contributed by atoms with Gasteiger partial charge in [0.2, 0.25) is 0 Å². The molecule has 0 saturated heterocycles. The monoisotopic (exact) mass is 294 g/mol. The van der Waals surface area contributed by atoms with Crippen LogP contribution in [0.25, 0.3) is 0 Å². The molecule has 0 fully saturated rings. The van der Waals surface area contributed by atoms with E-state index in [9.17, 15) is 0 Å². The molecule has 1 heterocycles. The van der Waals surface area contributed by atoms with E-state index >= 15 is 0 Å². The van der Waals surface area contributed by atoms with Gasteiger partial charge in [0.1, 0.15) is 11.4 Å². The zero-order valence-corrected chi connectivity index (χ0v) is 13.6. The zero-order valence-electron chi connectivity index (χ0n) is 13.6. The van der Waals surface area contributed by atoms with E-state index in [1.165, 1.54) is 36.8 Å². The van der Waals surface area contributed by atoms with Crippen LogP contribution >= 0.6 is 0 Å². The number of fused-ring (bicyclic) bond motifs is 2. The van der Waals surface area contributed by atoms with Crippen molar-refractivity contribution in [2.24, 2.45) is 0 Å². The Morgan fingerprint density at radius 2 is 1.64 bits per heavy atom. The summed E-state index contributed by atoms with van der Waals surface area (Å²) in [6, 6.07) is 12.4. The number of aryl methyl sites for hydroxylation is 1. The molecule has 0 saturated carbocycles. The van der Waals surface area contributed by atoms with Gasteiger partial charge in [-0.15, -0.1) is 0 Å². The molecule has 0 bridgehead atoms. The molecule has 2 aromatic rings. The fourth-order valence-electron chi connectivity index (χ4n) is 2.97. The van der Waals surface area contributed by atoms with Gasteiger partial charge in [-0.2, -0.15) is 0 Å². The maximum atomic E-state index is 6.06. The van der Waals surface area contributed by atoms with Gasteiger partial charge in [0.15, 0.2) is 11.5 Å². The molecule has 2 aromatic carbocycles. The van der Waals surface area contributed by atoms with Gasteiger partial charge >= 0.3 is 0 Å². The Bertz CT molecular complexity index is 648. The second-order valence-corrected chi connectivity index (χ2v) is 5.94. The standard InChI is InChI=1S/C20H24NO/c1-3-5-9-15-13-14-19-20(16(15)10-6-4-2)21-17-11-7-8-12-18(17)22-19/h7-8,11-14H,3-6,9-10H2,1-2H3. The molecule has 2 heteroatoms. The number of hydrogen-bond donors (Lipinski definition) is 0. The van der Waals surface area contributed by atoms with E-state index in [0.29, 0.717) is 0 Å². The fraction of sp³-hybridized carbons (Fsp3) is 0.400. The minimum absolute atomic E-state index is 0.859. The minimum atomic E-state index is 0.859. The Hall–Kier alpha value is -1.96. The lowest BCUT2D eigenvalue weighted by molar-refractivity contribution is 0.470. The topological polar surface area (TPSA) is 23.3 Å². The number of hydrogen-bond acceptors (Lipinski definition) is 1. The molecule has 0 amide bonds. The Labute approximate surface area is 133 Å². The number of nitrogens with zero attached hydrogens (tertiary/aromatic N) is 1. The molecule has 1 aliphatic heterocycles. The van der Waals surface area contributed by atoms with Crippen LogP contribution in [0.2, 0.25) is 0 Å². The largest absolute Gasteiger partial charge is 0.453 e. The average molecular weight is 294 g/mol. The van der Waals surface area contributed by atoms with Crippen LogP contribution in [0.3, 0.4) is 0 Å². The first-order valence-corrected chi connectivity index (χ1v) is 8.46. The summed E-state index contributed by atoms with van der Waals surface area (Å²) in [4.78, 5) is 0. The summed E-state index contributed by atoms with van der Waals surface area (Å²) in [5.74, 6) is 1.77. The van der Waals surface area contributed by atoms with E-state index in [1.807, 2.05) is 24.3 Å². The lowest BCUT2D eigenvalue weighted by Crippen LogP contribution is -2.07. The lowest BCUT2D eigenvalue weighted by atomic mass is 9.95. The summed E-state index contributed by atoms with van der Waals surface area (Å²) < 4.78 is 6.06. The molecular formula is C20H24NO. The van der Waals surface area contributed by atoms with Gasteiger partial charge in [-0.1, -0.05) is 44.9 Å². The van der Waals surface area contributed by atoms with E-state index in [0.717, 1.165) is 35.7 Å². The van der Waals surface area contributed by atoms with E-state index in [-0.39, 0.29) is 0 Å². The second kappa shape index (κ2) is 6.87. The summed E-state index contributed by atoms with van der Waals surface area (Å²) in [5.41, 5.74) is 4.84. The first-order valence-electron chi connectivity index (χ1n) is 8.46. The lowest BCUT2D eigenvalue weighted by Gasteiger charge is -2.24. The summed E-state index contributed by atoms with van der Waals surface area (Å²) in [7, 11) is 0. The van der Waals surface area contributed by atoms with Crippen molar-refractivity contribution in [1.82, 2.24) is 5.32 Å². The predicted molar refractivity (Wildman–Crippen MR) is 91.6 cm³/mol. The summed E-state index contributed by atoms with van der Waals surface area (Å²) in [6.45, 7) is 4.48. The first-order chi connectivity index (χ1) is 10.8. The van der Waals surface area contributed by atoms with Crippen molar-refractivity contribution in [3.63, 3.8) is 0 Å². The summed E-state index contributed by atoms with van der Waals surface area (Å²) in [6.07, 6.45) is 7.09. The molecule has 0 atom stereocenters. The number of rotatable bonds is 6. The molecule has 0 N–H and O–H groups in total. The van der Waals surface area contributed by atoms with Crippen LogP contribution in [0, 0.1) is 0 Å². The van der Waals surface area contributed by atoms with Gasteiger partial charge < -0.3 is 4.74 Å². The van der Waals surface area contributed by atoms with Gasteiger partial charge in [0.05, 0.1) is 0 Å². The molecule has 0 spiro atoms. The van der Waals surface area contributed by atoms with Gasteiger partial charge in [0, 0.05) is 0 Å². The number of ether oxygens (including phenoxy) is 1. The van der Waals surface area contributed by atoms with Gasteiger partial charge in [-0.3, -0.25) is 0 Å². The van der Waals surface area contributed by atoms with Crippen LogP contribution in [0.5, 0.6) is 11.5 Å². The Morgan fingerprint density at radius 3 is 2.45 bits per heavy atom.